The molecule has 0 atom stereocenters. The molecule has 1 aliphatic rings. The van der Waals surface area contributed by atoms with Gasteiger partial charge in [0.2, 0.25) is 11.6 Å². The number of aryl methyl sites for hydroxylation is 3. The molecule has 13 nitrogen and oxygen atoms in total. The highest BCUT2D eigenvalue weighted by atomic mass is 16.6. The summed E-state index contributed by atoms with van der Waals surface area (Å²) in [7, 11) is 2.78. The molecule has 0 saturated carbocycles. The number of esters is 3. The lowest BCUT2D eigenvalue weighted by molar-refractivity contribution is -0.169. The summed E-state index contributed by atoms with van der Waals surface area (Å²) in [6.45, 7) is 9.24. The van der Waals surface area contributed by atoms with E-state index in [1.807, 2.05) is 12.1 Å². The first-order valence-corrected chi connectivity index (χ1v) is 23.6. The molecule has 0 unspecified atom stereocenters. The van der Waals surface area contributed by atoms with E-state index in [2.05, 4.69) is 69.0 Å². The molecule has 0 aliphatic carbocycles. The van der Waals surface area contributed by atoms with Crippen LogP contribution in [0, 0.1) is 10.8 Å². The molecule has 1 heterocycles. The number of carbonyl (C=O) groups is 5. The molecule has 1 fully saturated rings. The van der Waals surface area contributed by atoms with E-state index in [-0.39, 0.29) is 50.3 Å². The molecule has 0 radical (unpaired) electrons. The van der Waals surface area contributed by atoms with Gasteiger partial charge in [0, 0.05) is 43.6 Å². The molecule has 0 bridgehead atoms. The third kappa shape index (κ3) is 18.4. The minimum atomic E-state index is -1.60. The molecule has 0 spiro atoms. The lowest BCUT2D eigenvalue weighted by Crippen LogP contribution is -2.45. The summed E-state index contributed by atoms with van der Waals surface area (Å²) in [6, 6.07) is 23.2. The lowest BCUT2D eigenvalue weighted by atomic mass is 9.84. The highest BCUT2D eigenvalue weighted by Crippen LogP contribution is 2.34. The summed E-state index contributed by atoms with van der Waals surface area (Å²) in [5.41, 5.74) is 4.94. The molecule has 3 aromatic carbocycles. The Morgan fingerprint density at radius 2 is 1.15 bits per heavy atom. The van der Waals surface area contributed by atoms with E-state index in [1.54, 1.807) is 6.07 Å². The Morgan fingerprint density at radius 1 is 0.642 bits per heavy atom. The Hall–Kier alpha value is -5.21. The summed E-state index contributed by atoms with van der Waals surface area (Å²) >= 11 is 0. The maximum Gasteiger partial charge on any atom is 0.374 e. The molecule has 0 N–H and O–H groups in total. The van der Waals surface area contributed by atoms with E-state index < -0.39 is 54.7 Å². The van der Waals surface area contributed by atoms with Crippen LogP contribution in [0.3, 0.4) is 0 Å². The first-order valence-electron chi connectivity index (χ1n) is 23.6. The maximum absolute atomic E-state index is 12.9. The van der Waals surface area contributed by atoms with Crippen LogP contribution < -0.4 is 4.74 Å². The minimum absolute atomic E-state index is 0.00856. The van der Waals surface area contributed by atoms with Gasteiger partial charge < -0.3 is 37.9 Å². The summed E-state index contributed by atoms with van der Waals surface area (Å²) < 4.78 is 44.6. The number of carbonyl (C=O) groups excluding carboxylic acids is 5. The fourth-order valence-corrected chi connectivity index (χ4v) is 7.32. The van der Waals surface area contributed by atoms with E-state index in [0.29, 0.717) is 31.1 Å². The van der Waals surface area contributed by atoms with E-state index in [0.717, 1.165) is 36.8 Å². The van der Waals surface area contributed by atoms with Crippen molar-refractivity contribution in [2.45, 2.75) is 104 Å². The van der Waals surface area contributed by atoms with Crippen molar-refractivity contribution in [3.05, 3.63) is 101 Å². The fourth-order valence-electron chi connectivity index (χ4n) is 7.32. The van der Waals surface area contributed by atoms with Gasteiger partial charge in [-0.2, -0.15) is 0 Å². The molecule has 4 rings (SSSR count). The molecule has 0 amide bonds. The molecule has 366 valence electrons. The van der Waals surface area contributed by atoms with Gasteiger partial charge in [-0.15, -0.1) is 0 Å². The highest BCUT2D eigenvalue weighted by molar-refractivity contribution is 6.34. The molecule has 0 aromatic heterocycles. The van der Waals surface area contributed by atoms with Crippen LogP contribution in [-0.4, -0.2) is 103 Å². The van der Waals surface area contributed by atoms with Gasteiger partial charge in [-0.05, 0) is 79.0 Å². The second-order valence-corrected chi connectivity index (χ2v) is 17.8. The van der Waals surface area contributed by atoms with Gasteiger partial charge in [0.25, 0.3) is 0 Å². The zero-order valence-electron chi connectivity index (χ0n) is 40.4. The molecule has 3 aromatic rings. The summed E-state index contributed by atoms with van der Waals surface area (Å²) in [5.74, 6) is -4.41. The molecule has 1 aliphatic heterocycles. The second kappa shape index (κ2) is 28.9. The quantitative estimate of drug-likeness (QED) is 0.0184. The van der Waals surface area contributed by atoms with E-state index in [4.69, 9.17) is 37.9 Å². The summed E-state index contributed by atoms with van der Waals surface area (Å²) in [4.78, 5) is 63.5. The number of hydrogen-bond acceptors (Lipinski definition) is 13. The van der Waals surface area contributed by atoms with Crippen molar-refractivity contribution in [1.29, 1.82) is 0 Å². The number of unbranched alkanes of at least 4 members (excludes halogenated alkanes) is 5. The standard InChI is InChI=1S/C54H72O13/c1-7-9-10-11-12-13-14-41-15-17-42(18-16-41)19-20-43-21-23-44(24-22-43)45-25-26-49(46(31-45)32-62-33-53(8-2)34-63-35-53)64-36-54(37-65-50(57)40(3)4,38-66-51(58)47(55)27-29-60-5)39-67-52(59)48(56)28-30-61-6/h15-18,21-26,31H,3,7-14,19-20,27-30,32-39H2,1-2,4-6H3. The van der Waals surface area contributed by atoms with Gasteiger partial charge in [-0.3, -0.25) is 9.59 Å². The van der Waals surface area contributed by atoms with Crippen molar-refractivity contribution in [1.82, 2.24) is 0 Å². The highest BCUT2D eigenvalue weighted by Gasteiger charge is 2.40. The number of benzene rings is 3. The largest absolute Gasteiger partial charge is 0.492 e. The van der Waals surface area contributed by atoms with Crippen molar-refractivity contribution < 1.29 is 61.9 Å². The van der Waals surface area contributed by atoms with Crippen LogP contribution >= 0.6 is 0 Å². The van der Waals surface area contributed by atoms with Gasteiger partial charge in [0.15, 0.2) is 0 Å². The monoisotopic (exact) mass is 928 g/mol. The second-order valence-electron chi connectivity index (χ2n) is 17.8. The van der Waals surface area contributed by atoms with Crippen LogP contribution in [0.2, 0.25) is 0 Å². The molecular weight excluding hydrogens is 857 g/mol. The average Bonchev–Trinajstić information content (AvgIpc) is 3.33. The first-order chi connectivity index (χ1) is 32.3. The number of ether oxygens (including phenoxy) is 8. The maximum atomic E-state index is 12.9. The number of ketones is 2. The average molecular weight is 929 g/mol. The number of rotatable bonds is 34. The Balaban J connectivity index is 1.56. The van der Waals surface area contributed by atoms with E-state index in [9.17, 15) is 24.0 Å². The number of hydrogen-bond donors (Lipinski definition) is 0. The topological polar surface area (TPSA) is 159 Å². The van der Waals surface area contributed by atoms with Crippen LogP contribution in [0.4, 0.5) is 0 Å². The summed E-state index contributed by atoms with van der Waals surface area (Å²) in [6.07, 6.45) is 11.2. The van der Waals surface area contributed by atoms with Gasteiger partial charge in [-0.25, -0.2) is 14.4 Å². The van der Waals surface area contributed by atoms with E-state index >= 15 is 0 Å². The van der Waals surface area contributed by atoms with Crippen LogP contribution in [0.15, 0.2) is 78.9 Å². The van der Waals surface area contributed by atoms with Crippen LogP contribution in [0.5, 0.6) is 5.75 Å². The molecule has 1 saturated heterocycles. The Morgan fingerprint density at radius 3 is 1.66 bits per heavy atom. The van der Waals surface area contributed by atoms with Crippen molar-refractivity contribution in [3.8, 4) is 16.9 Å². The smallest absolute Gasteiger partial charge is 0.374 e. The van der Waals surface area contributed by atoms with Crippen LogP contribution in [-0.2, 0) is 83.0 Å². The van der Waals surface area contributed by atoms with Gasteiger partial charge in [-0.1, -0.05) is 107 Å². The zero-order valence-corrected chi connectivity index (χ0v) is 40.4. The van der Waals surface area contributed by atoms with Crippen molar-refractivity contribution >= 4 is 29.5 Å². The predicted octanol–water partition coefficient (Wildman–Crippen LogP) is 8.77. The van der Waals surface area contributed by atoms with Crippen LogP contribution in [0.1, 0.15) is 101 Å². The van der Waals surface area contributed by atoms with E-state index in [1.165, 1.54) is 76.4 Å². The normalized spacial score (nSPS) is 13.0. The van der Waals surface area contributed by atoms with Gasteiger partial charge >= 0.3 is 17.9 Å². The van der Waals surface area contributed by atoms with Crippen LogP contribution in [0.25, 0.3) is 11.1 Å². The fraction of sp³-hybridized carbons (Fsp3) is 0.537. The van der Waals surface area contributed by atoms with Crippen molar-refractivity contribution in [2.24, 2.45) is 10.8 Å². The third-order valence-electron chi connectivity index (χ3n) is 12.1. The van der Waals surface area contributed by atoms with Crippen molar-refractivity contribution in [3.63, 3.8) is 0 Å². The zero-order chi connectivity index (χ0) is 48.5. The molecule has 13 heteroatoms. The number of Topliss-reactive ketones (excluding diaryl/α,β-unsaturated/α-hetero) is 2. The Bertz CT molecular complexity index is 1990. The van der Waals surface area contributed by atoms with Crippen molar-refractivity contribution in [2.75, 3.05) is 73.7 Å². The number of methoxy groups -OCH3 is 2. The van der Waals surface area contributed by atoms with Gasteiger partial charge in [0.05, 0.1) is 39.6 Å². The Kier molecular flexibility index (Phi) is 23.4. The SMILES string of the molecule is C=C(C)C(=O)OCC(COC(=O)C(=O)CCOC)(COC(=O)C(=O)CCOC)COc1ccc(-c2ccc(CCc3ccc(CCCCCCCC)cc3)cc2)cc1COCC1(CC)COC1. The molecular formula is C54H72O13. The first kappa shape index (κ1) is 54.4. The minimum Gasteiger partial charge on any atom is -0.492 e. The Labute approximate surface area is 397 Å². The lowest BCUT2D eigenvalue weighted by Gasteiger charge is -2.40. The van der Waals surface area contributed by atoms with Gasteiger partial charge in [0.1, 0.15) is 37.6 Å². The molecule has 67 heavy (non-hydrogen) atoms. The predicted molar refractivity (Wildman–Crippen MR) is 255 cm³/mol. The summed E-state index contributed by atoms with van der Waals surface area (Å²) in [5, 5.41) is 0. The third-order valence-corrected chi connectivity index (χ3v) is 12.1.